The van der Waals surface area contributed by atoms with Crippen LogP contribution in [0.1, 0.15) is 20.8 Å². The number of halogens is 2. The van der Waals surface area contributed by atoms with E-state index in [9.17, 15) is 18.4 Å². The maximum Gasteiger partial charge on any atom is 0.321 e. The number of imide groups is 1. The Morgan fingerprint density at radius 2 is 1.55 bits per heavy atom. The zero-order chi connectivity index (χ0) is 22.6. The van der Waals surface area contributed by atoms with Crippen LogP contribution in [0.15, 0.2) is 53.7 Å². The number of aromatic nitrogens is 3. The molecule has 0 radical (unpaired) electrons. The van der Waals surface area contributed by atoms with Gasteiger partial charge in [0.1, 0.15) is 11.6 Å². The molecule has 0 atom stereocenters. The smallest absolute Gasteiger partial charge is 0.321 e. The van der Waals surface area contributed by atoms with Gasteiger partial charge in [-0.25, -0.2) is 13.6 Å². The Labute approximate surface area is 182 Å². The third-order valence-electron chi connectivity index (χ3n) is 3.89. The summed E-state index contributed by atoms with van der Waals surface area (Å²) < 4.78 is 28.4. The van der Waals surface area contributed by atoms with E-state index in [1.807, 2.05) is 0 Å². The summed E-state index contributed by atoms with van der Waals surface area (Å²) in [5, 5.41) is 13.6. The Hall–Kier alpha value is -3.27. The fourth-order valence-corrected chi connectivity index (χ4v) is 3.39. The molecule has 7 nitrogen and oxygen atoms in total. The van der Waals surface area contributed by atoms with Gasteiger partial charge in [-0.1, -0.05) is 11.8 Å². The fourth-order valence-electron chi connectivity index (χ4n) is 2.64. The van der Waals surface area contributed by atoms with Crippen molar-refractivity contribution in [1.29, 1.82) is 0 Å². The summed E-state index contributed by atoms with van der Waals surface area (Å²) in [5.41, 5.74) is 0.683. The molecule has 3 rings (SSSR count). The largest absolute Gasteiger partial charge is 0.333 e. The van der Waals surface area contributed by atoms with Gasteiger partial charge in [0.15, 0.2) is 11.0 Å². The van der Waals surface area contributed by atoms with Gasteiger partial charge in [0, 0.05) is 16.8 Å². The number of hydrogen-bond acceptors (Lipinski definition) is 5. The first-order valence-corrected chi connectivity index (χ1v) is 10.3. The lowest BCUT2D eigenvalue weighted by Crippen LogP contribution is -2.48. The Balaban J connectivity index is 1.83. The molecule has 2 aromatic carbocycles. The average molecular weight is 445 g/mol. The quantitative estimate of drug-likeness (QED) is 0.581. The zero-order valence-corrected chi connectivity index (χ0v) is 18.0. The van der Waals surface area contributed by atoms with Crippen LogP contribution in [0.5, 0.6) is 0 Å². The van der Waals surface area contributed by atoms with Gasteiger partial charge in [0.05, 0.1) is 5.75 Å². The molecule has 3 amide bonds. The van der Waals surface area contributed by atoms with Crippen LogP contribution in [0.4, 0.5) is 13.6 Å². The Bertz CT molecular complexity index is 1080. The molecule has 31 heavy (non-hydrogen) atoms. The number of nitrogens with one attached hydrogen (secondary N) is 2. The Morgan fingerprint density at radius 1 is 0.968 bits per heavy atom. The van der Waals surface area contributed by atoms with Crippen molar-refractivity contribution in [3.05, 3.63) is 60.2 Å². The fraction of sp³-hybridized carbons (Fsp3) is 0.238. The maximum absolute atomic E-state index is 13.4. The molecule has 0 spiro atoms. The first-order valence-electron chi connectivity index (χ1n) is 9.34. The maximum atomic E-state index is 13.4. The zero-order valence-electron chi connectivity index (χ0n) is 17.1. The van der Waals surface area contributed by atoms with Crippen molar-refractivity contribution in [3.8, 4) is 17.1 Å². The molecule has 0 saturated heterocycles. The first kappa shape index (κ1) is 22.4. The second-order valence-corrected chi connectivity index (χ2v) is 8.61. The van der Waals surface area contributed by atoms with E-state index in [4.69, 9.17) is 0 Å². The van der Waals surface area contributed by atoms with Crippen molar-refractivity contribution < 1.29 is 18.4 Å². The molecule has 0 bridgehead atoms. The number of nitrogens with zero attached hydrogens (tertiary/aromatic N) is 3. The number of benzene rings is 2. The number of urea groups is 1. The third kappa shape index (κ3) is 6.11. The minimum atomic E-state index is -0.592. The summed E-state index contributed by atoms with van der Waals surface area (Å²) in [6.07, 6.45) is 0. The highest BCUT2D eigenvalue weighted by atomic mass is 32.2. The number of hydrogen-bond donors (Lipinski definition) is 2. The van der Waals surface area contributed by atoms with E-state index in [0.717, 1.165) is 11.8 Å². The Kier molecular flexibility index (Phi) is 6.69. The van der Waals surface area contributed by atoms with Crippen LogP contribution in [0.25, 0.3) is 17.1 Å². The number of amides is 3. The lowest BCUT2D eigenvalue weighted by molar-refractivity contribution is -0.117. The monoisotopic (exact) mass is 445 g/mol. The molecule has 0 aliphatic heterocycles. The molecule has 1 aromatic heterocycles. The summed E-state index contributed by atoms with van der Waals surface area (Å²) in [4.78, 5) is 24.0. The van der Waals surface area contributed by atoms with Crippen LogP contribution < -0.4 is 10.6 Å². The molecule has 0 aliphatic rings. The van der Waals surface area contributed by atoms with Gasteiger partial charge >= 0.3 is 6.03 Å². The van der Waals surface area contributed by atoms with E-state index in [0.29, 0.717) is 22.2 Å². The molecule has 3 aromatic rings. The number of carbonyl (C=O) groups is 2. The van der Waals surface area contributed by atoms with Gasteiger partial charge in [-0.3, -0.25) is 14.7 Å². The average Bonchev–Trinajstić information content (AvgIpc) is 3.10. The molecule has 0 unspecified atom stereocenters. The molecule has 162 valence electrons. The molecule has 0 saturated carbocycles. The van der Waals surface area contributed by atoms with E-state index < -0.39 is 29.1 Å². The first-order chi connectivity index (χ1) is 14.6. The normalized spacial score (nSPS) is 11.3. The number of thioether (sulfide) groups is 1. The van der Waals surface area contributed by atoms with Crippen LogP contribution in [-0.2, 0) is 4.79 Å². The summed E-state index contributed by atoms with van der Waals surface area (Å²) in [7, 11) is 0. The SMILES string of the molecule is CC(C)(C)NC(=O)NC(=O)CSc1nnc(-c2ccc(F)cc2)n1-c1ccc(F)cc1. The summed E-state index contributed by atoms with van der Waals surface area (Å²) in [6.45, 7) is 5.40. The third-order valence-corrected chi connectivity index (χ3v) is 4.82. The van der Waals surface area contributed by atoms with Gasteiger partial charge < -0.3 is 5.32 Å². The Morgan fingerprint density at radius 3 is 2.13 bits per heavy atom. The molecular weight excluding hydrogens is 424 g/mol. The van der Waals surface area contributed by atoms with Crippen LogP contribution >= 0.6 is 11.8 Å². The lowest BCUT2D eigenvalue weighted by atomic mass is 10.1. The second kappa shape index (κ2) is 9.25. The summed E-state index contributed by atoms with van der Waals surface area (Å²) in [6, 6.07) is 10.8. The van der Waals surface area contributed by atoms with E-state index in [1.165, 1.54) is 24.3 Å². The van der Waals surface area contributed by atoms with Crippen LogP contribution in [0.3, 0.4) is 0 Å². The highest BCUT2D eigenvalue weighted by Crippen LogP contribution is 2.28. The molecule has 2 N–H and O–H groups in total. The number of carbonyl (C=O) groups excluding carboxylic acids is 2. The lowest BCUT2D eigenvalue weighted by Gasteiger charge is -2.20. The molecular formula is C21H21F2N5O2S. The molecule has 0 aliphatic carbocycles. The van der Waals surface area contributed by atoms with Crippen LogP contribution in [-0.4, -0.2) is 38.0 Å². The van der Waals surface area contributed by atoms with Crippen molar-refractivity contribution in [2.24, 2.45) is 0 Å². The topological polar surface area (TPSA) is 88.9 Å². The molecule has 0 fully saturated rings. The number of rotatable bonds is 5. The second-order valence-electron chi connectivity index (χ2n) is 7.67. The molecule has 1 heterocycles. The highest BCUT2D eigenvalue weighted by molar-refractivity contribution is 7.99. The minimum Gasteiger partial charge on any atom is -0.333 e. The van der Waals surface area contributed by atoms with Crippen LogP contribution in [0.2, 0.25) is 0 Å². The van der Waals surface area contributed by atoms with Crippen molar-refractivity contribution in [2.75, 3.05) is 5.75 Å². The predicted octanol–water partition coefficient (Wildman–Crippen LogP) is 3.93. The van der Waals surface area contributed by atoms with E-state index in [-0.39, 0.29) is 5.75 Å². The van der Waals surface area contributed by atoms with Gasteiger partial charge in [-0.2, -0.15) is 0 Å². The minimum absolute atomic E-state index is 0.0969. The van der Waals surface area contributed by atoms with Gasteiger partial charge in [0.2, 0.25) is 5.91 Å². The van der Waals surface area contributed by atoms with Crippen LogP contribution in [0, 0.1) is 11.6 Å². The molecule has 10 heteroatoms. The summed E-state index contributed by atoms with van der Waals surface area (Å²) in [5.74, 6) is -1.00. The van der Waals surface area contributed by atoms with Gasteiger partial charge in [-0.15, -0.1) is 10.2 Å². The van der Waals surface area contributed by atoms with Crippen molar-refractivity contribution in [1.82, 2.24) is 25.4 Å². The van der Waals surface area contributed by atoms with Crippen molar-refractivity contribution in [2.45, 2.75) is 31.5 Å². The highest BCUT2D eigenvalue weighted by Gasteiger charge is 2.19. The van der Waals surface area contributed by atoms with Crippen molar-refractivity contribution >= 4 is 23.7 Å². The van der Waals surface area contributed by atoms with Crippen molar-refractivity contribution in [3.63, 3.8) is 0 Å². The van der Waals surface area contributed by atoms with E-state index in [2.05, 4.69) is 20.8 Å². The van der Waals surface area contributed by atoms with Gasteiger partial charge in [0.25, 0.3) is 0 Å². The standard InChI is InChI=1S/C21H21F2N5O2S/c1-21(2,3)25-19(30)24-17(29)12-31-20-27-26-18(13-4-6-14(22)7-5-13)28(20)16-10-8-15(23)9-11-16/h4-11H,12H2,1-3H3,(H2,24,25,29,30). The predicted molar refractivity (Wildman–Crippen MR) is 114 cm³/mol. The van der Waals surface area contributed by atoms with E-state index >= 15 is 0 Å². The summed E-state index contributed by atoms with van der Waals surface area (Å²) >= 11 is 1.06. The van der Waals surface area contributed by atoms with E-state index in [1.54, 1.807) is 49.6 Å². The van der Waals surface area contributed by atoms with Gasteiger partial charge in [-0.05, 0) is 69.3 Å².